The number of aromatic amines is 3. The minimum Gasteiger partial charge on any atom is -0.361 e. The lowest BCUT2D eigenvalue weighted by Gasteiger charge is -2.18. The second-order valence-corrected chi connectivity index (χ2v) is 13.7. The van der Waals surface area contributed by atoms with Crippen molar-refractivity contribution in [3.8, 4) is 0 Å². The fraction of sp³-hybridized carbons (Fsp3) is 0.268. The molecule has 0 saturated carbocycles. The fourth-order valence-corrected chi connectivity index (χ4v) is 8.16. The number of allylic oxidation sites excluding steroid dienone is 1. The number of likely N-dealkylation sites (tertiary alicyclic amines) is 2. The molecule has 3 N–H and O–H groups in total. The van der Waals surface area contributed by atoms with Crippen molar-refractivity contribution in [3.63, 3.8) is 0 Å². The van der Waals surface area contributed by atoms with Gasteiger partial charge in [-0.2, -0.15) is 0 Å². The van der Waals surface area contributed by atoms with Crippen molar-refractivity contribution in [2.45, 2.75) is 37.6 Å². The summed E-state index contributed by atoms with van der Waals surface area (Å²) in [6.45, 7) is 6.72. The van der Waals surface area contributed by atoms with Crippen molar-refractivity contribution in [1.29, 1.82) is 0 Å². The van der Waals surface area contributed by atoms with Crippen molar-refractivity contribution >= 4 is 38.5 Å². The first-order valence-corrected chi connectivity index (χ1v) is 17.4. The number of nitrogens with zero attached hydrogens (tertiary/aromatic N) is 4. The maximum Gasteiger partial charge on any atom is 0.0931 e. The largest absolute Gasteiger partial charge is 0.361 e. The Morgan fingerprint density at radius 3 is 2.02 bits per heavy atom. The van der Waals surface area contributed by atoms with E-state index in [1.165, 1.54) is 63.7 Å². The molecule has 2 unspecified atom stereocenters. The molecule has 5 heterocycles. The van der Waals surface area contributed by atoms with Gasteiger partial charge in [0.2, 0.25) is 0 Å². The van der Waals surface area contributed by atoms with Crippen LogP contribution in [0.3, 0.4) is 0 Å². The third-order valence-electron chi connectivity index (χ3n) is 10.8. The molecule has 0 spiro atoms. The van der Waals surface area contributed by atoms with Crippen LogP contribution in [-0.2, 0) is 13.0 Å². The summed E-state index contributed by atoms with van der Waals surface area (Å²) in [6.07, 6.45) is 11.7. The Balaban J connectivity index is 0.000000131. The first-order chi connectivity index (χ1) is 23.7. The van der Waals surface area contributed by atoms with Gasteiger partial charge in [-0.1, -0.05) is 60.7 Å². The second kappa shape index (κ2) is 12.6. The minimum atomic E-state index is 0.614. The highest BCUT2D eigenvalue weighted by Gasteiger charge is 2.27. The third kappa shape index (κ3) is 5.74. The van der Waals surface area contributed by atoms with Gasteiger partial charge in [-0.25, -0.2) is 9.97 Å². The van der Waals surface area contributed by atoms with E-state index in [0.29, 0.717) is 11.8 Å². The zero-order valence-corrected chi connectivity index (χ0v) is 27.2. The van der Waals surface area contributed by atoms with Crippen LogP contribution >= 0.6 is 0 Å². The summed E-state index contributed by atoms with van der Waals surface area (Å²) < 4.78 is 0. The summed E-state index contributed by atoms with van der Waals surface area (Å²) in [5.74, 6) is 1.25. The Morgan fingerprint density at radius 2 is 1.29 bits per heavy atom. The van der Waals surface area contributed by atoms with Gasteiger partial charge in [0.15, 0.2) is 0 Å². The van der Waals surface area contributed by atoms with Crippen LogP contribution in [0.4, 0.5) is 0 Å². The normalized spacial score (nSPS) is 19.6. The molecule has 7 aromatic rings. The molecule has 7 nitrogen and oxygen atoms in total. The molecule has 3 aromatic heterocycles. The van der Waals surface area contributed by atoms with Crippen molar-refractivity contribution < 1.29 is 0 Å². The van der Waals surface area contributed by atoms with Gasteiger partial charge < -0.3 is 15.0 Å². The molecule has 48 heavy (non-hydrogen) atoms. The molecule has 0 radical (unpaired) electrons. The minimum absolute atomic E-state index is 0.614. The van der Waals surface area contributed by atoms with Crippen LogP contribution in [-0.4, -0.2) is 67.4 Å². The standard InChI is InChI=1S/C21H21N3.C20H20N4/c1-2-4-19-15(3-1)5-6-18(19)13-24-10-9-17(12-24)16-7-8-20-21(11-16)23-14-22-20;1-2-4-18-17(3-1)16(10-21-18)12-24-8-7-15(11-24)14-5-6-19-20(9-14)23-13-22-19/h1-4,6-8,11,14,17H,5,9-10,12-13H2,(H,22,23);1-6,9-10,13,15,21H,7-8,11-12H2,(H,22,23). The highest BCUT2D eigenvalue weighted by atomic mass is 15.1. The molecule has 2 atom stereocenters. The molecule has 1 aliphatic carbocycles. The molecule has 7 heteroatoms. The number of aromatic nitrogens is 5. The van der Waals surface area contributed by atoms with Gasteiger partial charge in [0, 0.05) is 43.3 Å². The predicted octanol–water partition coefficient (Wildman–Crippen LogP) is 8.03. The first kappa shape index (κ1) is 29.2. The van der Waals surface area contributed by atoms with Gasteiger partial charge in [-0.3, -0.25) is 9.80 Å². The van der Waals surface area contributed by atoms with Gasteiger partial charge in [0.1, 0.15) is 0 Å². The number of fused-ring (bicyclic) bond motifs is 4. The number of nitrogens with one attached hydrogen (secondary N) is 3. The Morgan fingerprint density at radius 1 is 0.646 bits per heavy atom. The van der Waals surface area contributed by atoms with Crippen LogP contribution < -0.4 is 0 Å². The molecule has 4 aromatic carbocycles. The van der Waals surface area contributed by atoms with Gasteiger partial charge in [-0.05, 0) is 108 Å². The van der Waals surface area contributed by atoms with Crippen molar-refractivity contribution in [3.05, 3.63) is 138 Å². The van der Waals surface area contributed by atoms with Gasteiger partial charge in [-0.15, -0.1) is 0 Å². The summed E-state index contributed by atoms with van der Waals surface area (Å²) >= 11 is 0. The van der Waals surface area contributed by atoms with Crippen LogP contribution in [0, 0.1) is 0 Å². The summed E-state index contributed by atoms with van der Waals surface area (Å²) in [6, 6.07) is 30.7. The Bertz CT molecular complexity index is 2240. The van der Waals surface area contributed by atoms with E-state index in [9.17, 15) is 0 Å². The molecule has 0 bridgehead atoms. The lowest BCUT2D eigenvalue weighted by molar-refractivity contribution is 0.328. The number of benzene rings is 4. The van der Waals surface area contributed by atoms with E-state index >= 15 is 0 Å². The van der Waals surface area contributed by atoms with E-state index < -0.39 is 0 Å². The maximum atomic E-state index is 4.32. The quantitative estimate of drug-likeness (QED) is 0.174. The van der Waals surface area contributed by atoms with Crippen molar-refractivity contribution in [1.82, 2.24) is 34.7 Å². The molecule has 3 aliphatic rings. The summed E-state index contributed by atoms with van der Waals surface area (Å²) in [5, 5.41) is 1.35. The number of para-hydroxylation sites is 1. The molecule has 2 fully saturated rings. The van der Waals surface area contributed by atoms with E-state index in [4.69, 9.17) is 0 Å². The zero-order valence-electron chi connectivity index (χ0n) is 27.2. The molecule has 0 amide bonds. The van der Waals surface area contributed by atoms with Crippen LogP contribution in [0.15, 0.2) is 110 Å². The van der Waals surface area contributed by atoms with E-state index in [1.54, 1.807) is 12.7 Å². The molecule has 240 valence electrons. The smallest absolute Gasteiger partial charge is 0.0931 e. The average Bonchev–Trinajstić information content (AvgIpc) is 3.98. The number of hydrogen-bond acceptors (Lipinski definition) is 4. The number of imidazole rings is 2. The topological polar surface area (TPSA) is 79.6 Å². The Kier molecular flexibility index (Phi) is 7.64. The van der Waals surface area contributed by atoms with Crippen molar-refractivity contribution in [2.75, 3.05) is 32.7 Å². The van der Waals surface area contributed by atoms with Crippen molar-refractivity contribution in [2.24, 2.45) is 0 Å². The van der Waals surface area contributed by atoms with Crippen LogP contribution in [0.5, 0.6) is 0 Å². The molecule has 10 rings (SSSR count). The summed E-state index contributed by atoms with van der Waals surface area (Å²) in [4.78, 5) is 23.6. The number of H-pyrrole nitrogens is 3. The highest BCUT2D eigenvalue weighted by molar-refractivity contribution is 5.83. The van der Waals surface area contributed by atoms with E-state index in [-0.39, 0.29) is 0 Å². The predicted molar refractivity (Wildman–Crippen MR) is 195 cm³/mol. The number of hydrogen-bond donors (Lipinski definition) is 3. The van der Waals surface area contributed by atoms with Gasteiger partial charge in [0.05, 0.1) is 34.7 Å². The summed E-state index contributed by atoms with van der Waals surface area (Å²) in [7, 11) is 0. The average molecular weight is 632 g/mol. The summed E-state index contributed by atoms with van der Waals surface area (Å²) in [5.41, 5.74) is 14.3. The fourth-order valence-electron chi connectivity index (χ4n) is 8.16. The SMILES string of the molecule is C1=C(CN2CCC(c3ccc4nc[nH]c4c3)C2)c2ccccc2C1.c1ccc2c(CN3CCC(c4ccc5nc[nH]c5c4)C3)c[nH]c2c1. The van der Waals surface area contributed by atoms with E-state index in [0.717, 1.165) is 61.2 Å². The van der Waals surface area contributed by atoms with E-state index in [1.807, 2.05) is 0 Å². The Labute approximate surface area is 280 Å². The molecule has 2 saturated heterocycles. The number of rotatable bonds is 6. The zero-order chi connectivity index (χ0) is 31.9. The highest BCUT2D eigenvalue weighted by Crippen LogP contribution is 2.33. The Hall–Kier alpha value is -4.98. The lowest BCUT2D eigenvalue weighted by atomic mass is 9.98. The second-order valence-electron chi connectivity index (χ2n) is 13.7. The third-order valence-corrected chi connectivity index (χ3v) is 10.8. The van der Waals surface area contributed by atoms with E-state index in [2.05, 4.69) is 132 Å². The molecule has 2 aliphatic heterocycles. The lowest BCUT2D eigenvalue weighted by Crippen LogP contribution is -2.22. The maximum absolute atomic E-state index is 4.32. The molecular formula is C41H41N7. The monoisotopic (exact) mass is 631 g/mol. The van der Waals surface area contributed by atoms with Crippen LogP contribution in [0.1, 0.15) is 52.5 Å². The van der Waals surface area contributed by atoms with Crippen LogP contribution in [0.2, 0.25) is 0 Å². The molecular weight excluding hydrogens is 591 g/mol. The van der Waals surface area contributed by atoms with Gasteiger partial charge >= 0.3 is 0 Å². The van der Waals surface area contributed by atoms with Crippen LogP contribution in [0.25, 0.3) is 38.5 Å². The van der Waals surface area contributed by atoms with Gasteiger partial charge in [0.25, 0.3) is 0 Å². The first-order valence-electron chi connectivity index (χ1n) is 17.4.